The number of hydrogen-bond donors (Lipinski definition) is 2. The van der Waals surface area contributed by atoms with Gasteiger partial charge in [0.15, 0.2) is 11.5 Å². The molecule has 1 heterocycles. The number of aryl methyl sites for hydroxylation is 1. The number of carbonyl (C=O) groups is 2. The second kappa shape index (κ2) is 10.5. The van der Waals surface area contributed by atoms with Gasteiger partial charge in [0, 0.05) is 36.3 Å². The Morgan fingerprint density at radius 2 is 1.61 bits per heavy atom. The Labute approximate surface area is 209 Å². The SMILES string of the molecule is COc1cc(S(=O)(=O)N(C(=O)[C@H](C)NC(=O)[C@H](C)N)c2ccc3c(ccn3C)c2)cc(OC)c1OC. The summed E-state index contributed by atoms with van der Waals surface area (Å²) in [5, 5.41) is 3.19. The van der Waals surface area contributed by atoms with Gasteiger partial charge < -0.3 is 29.8 Å². The van der Waals surface area contributed by atoms with Gasteiger partial charge in [0.25, 0.3) is 15.9 Å². The standard InChI is InChI=1S/C24H30N4O7S/c1-14(25)23(29)26-15(2)24(30)28(17-7-8-19-16(11-17)9-10-27(19)3)36(31,32)18-12-20(33-4)22(35-6)21(13-18)34-5/h7-15H,25H2,1-6H3,(H,26,29)/t14-,15-/m0/s1. The molecule has 11 nitrogen and oxygen atoms in total. The highest BCUT2D eigenvalue weighted by Crippen LogP contribution is 2.41. The highest BCUT2D eigenvalue weighted by Gasteiger charge is 2.36. The maximum Gasteiger partial charge on any atom is 0.271 e. The van der Waals surface area contributed by atoms with Crippen LogP contribution in [0.5, 0.6) is 17.2 Å². The van der Waals surface area contributed by atoms with Gasteiger partial charge in [-0.05, 0) is 38.1 Å². The summed E-state index contributed by atoms with van der Waals surface area (Å²) < 4.78 is 46.4. The number of fused-ring (bicyclic) bond motifs is 1. The molecule has 3 rings (SSSR count). The summed E-state index contributed by atoms with van der Waals surface area (Å²) in [6.07, 6.45) is 1.82. The first kappa shape index (κ1) is 26.8. The van der Waals surface area contributed by atoms with Gasteiger partial charge in [-0.3, -0.25) is 9.59 Å². The van der Waals surface area contributed by atoms with Crippen LogP contribution in [0, 0.1) is 0 Å². The summed E-state index contributed by atoms with van der Waals surface area (Å²) in [6.45, 7) is 2.85. The summed E-state index contributed by atoms with van der Waals surface area (Å²) in [5.41, 5.74) is 6.54. The smallest absolute Gasteiger partial charge is 0.271 e. The number of nitrogens with one attached hydrogen (secondary N) is 1. The molecule has 3 aromatic rings. The molecule has 0 bridgehead atoms. The van der Waals surface area contributed by atoms with E-state index in [1.165, 1.54) is 53.4 Å². The maximum absolute atomic E-state index is 14.0. The van der Waals surface area contributed by atoms with Crippen molar-refractivity contribution in [3.05, 3.63) is 42.6 Å². The first-order valence-corrected chi connectivity index (χ1v) is 12.4. The molecule has 0 spiro atoms. The van der Waals surface area contributed by atoms with Crippen molar-refractivity contribution in [3.63, 3.8) is 0 Å². The number of ether oxygens (including phenoxy) is 3. The van der Waals surface area contributed by atoms with Crippen LogP contribution in [0.2, 0.25) is 0 Å². The number of hydrogen-bond acceptors (Lipinski definition) is 8. The lowest BCUT2D eigenvalue weighted by Crippen LogP contribution is -2.52. The van der Waals surface area contributed by atoms with Crippen LogP contribution in [-0.2, 0) is 26.7 Å². The molecule has 0 aliphatic carbocycles. The molecule has 2 atom stereocenters. The number of benzene rings is 2. The molecule has 1 aromatic heterocycles. The fourth-order valence-electron chi connectivity index (χ4n) is 3.67. The number of nitrogens with zero attached hydrogens (tertiary/aromatic N) is 2. The largest absolute Gasteiger partial charge is 0.493 e. The molecule has 0 saturated carbocycles. The molecule has 0 aliphatic heterocycles. The maximum atomic E-state index is 14.0. The predicted molar refractivity (Wildman–Crippen MR) is 135 cm³/mol. The number of sulfonamides is 1. The third-order valence-electron chi connectivity index (χ3n) is 5.62. The van der Waals surface area contributed by atoms with Gasteiger partial charge >= 0.3 is 0 Å². The Bertz CT molecular complexity index is 1370. The van der Waals surface area contributed by atoms with Crippen molar-refractivity contribution >= 4 is 38.4 Å². The van der Waals surface area contributed by atoms with Crippen LogP contribution in [0.4, 0.5) is 5.69 Å². The van der Waals surface area contributed by atoms with Crippen LogP contribution >= 0.6 is 0 Å². The molecule has 2 amide bonds. The lowest BCUT2D eigenvalue weighted by atomic mass is 10.2. The van der Waals surface area contributed by atoms with E-state index < -0.39 is 33.9 Å². The fraction of sp³-hybridized carbons (Fsp3) is 0.333. The zero-order chi connectivity index (χ0) is 26.8. The number of aromatic nitrogens is 1. The van der Waals surface area contributed by atoms with Crippen LogP contribution in [0.3, 0.4) is 0 Å². The van der Waals surface area contributed by atoms with Crippen LogP contribution in [-0.4, -0.2) is 58.2 Å². The number of anilines is 1. The van der Waals surface area contributed by atoms with E-state index in [0.29, 0.717) is 4.31 Å². The number of nitrogens with two attached hydrogens (primary N) is 1. The van der Waals surface area contributed by atoms with Crippen molar-refractivity contribution in [1.82, 2.24) is 9.88 Å². The Morgan fingerprint density at radius 3 is 2.14 bits per heavy atom. The van der Waals surface area contributed by atoms with Gasteiger partial charge in [0.05, 0.1) is 38.0 Å². The highest BCUT2D eigenvalue weighted by molar-refractivity contribution is 7.93. The van der Waals surface area contributed by atoms with E-state index in [2.05, 4.69) is 5.32 Å². The second-order valence-electron chi connectivity index (χ2n) is 8.16. The summed E-state index contributed by atoms with van der Waals surface area (Å²) in [4.78, 5) is 25.5. The number of methoxy groups -OCH3 is 3. The lowest BCUT2D eigenvalue weighted by Gasteiger charge is -2.27. The van der Waals surface area contributed by atoms with Crippen molar-refractivity contribution in [2.24, 2.45) is 12.8 Å². The normalized spacial score (nSPS) is 13.1. The number of carbonyl (C=O) groups excluding carboxylic acids is 2. The van der Waals surface area contributed by atoms with Crippen LogP contribution in [0.15, 0.2) is 47.5 Å². The zero-order valence-electron chi connectivity index (χ0n) is 20.9. The monoisotopic (exact) mass is 518 g/mol. The van der Waals surface area contributed by atoms with Crippen molar-refractivity contribution < 1.29 is 32.2 Å². The van der Waals surface area contributed by atoms with Gasteiger partial charge in [-0.15, -0.1) is 0 Å². The van der Waals surface area contributed by atoms with E-state index in [9.17, 15) is 18.0 Å². The van der Waals surface area contributed by atoms with Crippen LogP contribution in [0.25, 0.3) is 10.9 Å². The summed E-state index contributed by atoms with van der Waals surface area (Å²) in [7, 11) is 1.42. The minimum atomic E-state index is -4.53. The topological polar surface area (TPSA) is 142 Å². The molecule has 0 aliphatic rings. The van der Waals surface area contributed by atoms with E-state index in [0.717, 1.165) is 10.9 Å². The zero-order valence-corrected chi connectivity index (χ0v) is 21.8. The Kier molecular flexibility index (Phi) is 7.80. The first-order valence-electron chi connectivity index (χ1n) is 11.0. The van der Waals surface area contributed by atoms with Crippen molar-refractivity contribution in [3.8, 4) is 17.2 Å². The molecule has 36 heavy (non-hydrogen) atoms. The molecular weight excluding hydrogens is 488 g/mol. The van der Waals surface area contributed by atoms with Crippen LogP contribution in [0.1, 0.15) is 13.8 Å². The van der Waals surface area contributed by atoms with E-state index in [4.69, 9.17) is 19.9 Å². The van der Waals surface area contributed by atoms with Crippen molar-refractivity contribution in [2.75, 3.05) is 25.6 Å². The summed E-state index contributed by atoms with van der Waals surface area (Å²) >= 11 is 0. The molecule has 3 N–H and O–H groups in total. The highest BCUT2D eigenvalue weighted by atomic mass is 32.2. The average molecular weight is 519 g/mol. The van der Waals surface area contributed by atoms with Crippen molar-refractivity contribution in [1.29, 1.82) is 0 Å². The molecule has 0 fully saturated rings. The van der Waals surface area contributed by atoms with Gasteiger partial charge in [0.1, 0.15) is 6.04 Å². The predicted octanol–water partition coefficient (Wildman–Crippen LogP) is 1.78. The minimum Gasteiger partial charge on any atom is -0.493 e. The van der Waals surface area contributed by atoms with Crippen molar-refractivity contribution in [2.45, 2.75) is 30.8 Å². The Balaban J connectivity index is 2.21. The molecule has 0 saturated heterocycles. The third-order valence-corrected chi connectivity index (χ3v) is 7.33. The molecule has 0 unspecified atom stereocenters. The van der Waals surface area contributed by atoms with Gasteiger partial charge in [0.2, 0.25) is 11.7 Å². The average Bonchev–Trinajstić information content (AvgIpc) is 3.22. The van der Waals surface area contributed by atoms with Gasteiger partial charge in [-0.25, -0.2) is 12.7 Å². The minimum absolute atomic E-state index is 0.0920. The Hall–Kier alpha value is -3.77. The van der Waals surface area contributed by atoms with Crippen LogP contribution < -0.4 is 29.6 Å². The van der Waals surface area contributed by atoms with E-state index in [-0.39, 0.29) is 27.8 Å². The first-order chi connectivity index (χ1) is 17.0. The molecule has 2 aromatic carbocycles. The molecular formula is C24H30N4O7S. The van der Waals surface area contributed by atoms with E-state index in [1.807, 2.05) is 17.8 Å². The number of amides is 2. The Morgan fingerprint density at radius 1 is 1.00 bits per heavy atom. The third kappa shape index (κ3) is 4.95. The van der Waals surface area contributed by atoms with E-state index >= 15 is 0 Å². The second-order valence-corrected chi connectivity index (χ2v) is 9.94. The molecule has 12 heteroatoms. The summed E-state index contributed by atoms with van der Waals surface area (Å²) in [6, 6.07) is 7.01. The van der Waals surface area contributed by atoms with Gasteiger partial charge in [-0.2, -0.15) is 0 Å². The molecule has 194 valence electrons. The lowest BCUT2D eigenvalue weighted by molar-refractivity contribution is -0.127. The molecule has 0 radical (unpaired) electrons. The summed E-state index contributed by atoms with van der Waals surface area (Å²) in [5.74, 6) is -1.09. The van der Waals surface area contributed by atoms with E-state index in [1.54, 1.807) is 18.2 Å². The quantitative estimate of drug-likeness (QED) is 0.437. The number of rotatable bonds is 9. The fourth-order valence-corrected chi connectivity index (χ4v) is 5.18. The van der Waals surface area contributed by atoms with Gasteiger partial charge in [-0.1, -0.05) is 0 Å².